The molecule has 16 heavy (non-hydrogen) atoms. The molecule has 0 fully saturated rings. The zero-order chi connectivity index (χ0) is 11.4. The minimum absolute atomic E-state index is 0.0506. The van der Waals surface area contributed by atoms with Crippen LogP contribution < -0.4 is 10.1 Å². The van der Waals surface area contributed by atoms with E-state index in [0.29, 0.717) is 11.7 Å². The predicted molar refractivity (Wildman–Crippen MR) is 59.3 cm³/mol. The number of furan rings is 1. The summed E-state index contributed by atoms with van der Waals surface area (Å²) in [7, 11) is 1.57. The molecule has 84 valence electrons. The molecule has 5 nitrogen and oxygen atoms in total. The van der Waals surface area contributed by atoms with Gasteiger partial charge >= 0.3 is 0 Å². The molecule has 0 bridgehead atoms. The molecule has 0 amide bonds. The second kappa shape index (κ2) is 4.65. The first-order chi connectivity index (χ1) is 7.79. The van der Waals surface area contributed by atoms with Gasteiger partial charge in [-0.2, -0.15) is 0 Å². The van der Waals surface area contributed by atoms with E-state index in [2.05, 4.69) is 15.3 Å². The van der Waals surface area contributed by atoms with E-state index in [1.165, 1.54) is 6.33 Å². The highest BCUT2D eigenvalue weighted by Crippen LogP contribution is 2.19. The van der Waals surface area contributed by atoms with E-state index in [4.69, 9.17) is 9.15 Å². The summed E-state index contributed by atoms with van der Waals surface area (Å²) in [5, 5.41) is 3.19. The van der Waals surface area contributed by atoms with Gasteiger partial charge in [0, 0.05) is 6.07 Å². The molecule has 2 rings (SSSR count). The van der Waals surface area contributed by atoms with Gasteiger partial charge in [-0.1, -0.05) is 0 Å². The standard InChI is InChI=1S/C11H13N3O2/c1-8(9-4-3-5-16-9)14-10-6-11(15-2)13-7-12-10/h3-8H,1-2H3,(H,12,13,14). The number of aromatic nitrogens is 2. The third-order valence-electron chi connectivity index (χ3n) is 2.19. The Morgan fingerprint density at radius 1 is 1.44 bits per heavy atom. The fraction of sp³-hybridized carbons (Fsp3) is 0.273. The lowest BCUT2D eigenvalue weighted by atomic mass is 10.2. The molecule has 5 heteroatoms. The monoisotopic (exact) mass is 219 g/mol. The van der Waals surface area contributed by atoms with Crippen molar-refractivity contribution < 1.29 is 9.15 Å². The number of ether oxygens (including phenoxy) is 1. The van der Waals surface area contributed by atoms with Crippen molar-refractivity contribution >= 4 is 5.82 Å². The number of methoxy groups -OCH3 is 1. The second-order valence-corrected chi connectivity index (χ2v) is 3.33. The minimum Gasteiger partial charge on any atom is -0.481 e. The maximum Gasteiger partial charge on any atom is 0.218 e. The smallest absolute Gasteiger partial charge is 0.218 e. The maximum absolute atomic E-state index is 5.29. The summed E-state index contributed by atoms with van der Waals surface area (Å²) in [5.41, 5.74) is 0. The second-order valence-electron chi connectivity index (χ2n) is 3.33. The van der Waals surface area contributed by atoms with Gasteiger partial charge in [0.2, 0.25) is 5.88 Å². The number of nitrogens with zero attached hydrogens (tertiary/aromatic N) is 2. The van der Waals surface area contributed by atoms with Crippen molar-refractivity contribution in [3.63, 3.8) is 0 Å². The number of rotatable bonds is 4. The molecule has 0 aliphatic carbocycles. The van der Waals surface area contributed by atoms with E-state index < -0.39 is 0 Å². The molecular formula is C11H13N3O2. The quantitative estimate of drug-likeness (QED) is 0.854. The van der Waals surface area contributed by atoms with Crippen LogP contribution >= 0.6 is 0 Å². The lowest BCUT2D eigenvalue weighted by molar-refractivity contribution is 0.397. The first-order valence-corrected chi connectivity index (χ1v) is 4.95. The average Bonchev–Trinajstić information content (AvgIpc) is 2.83. The topological polar surface area (TPSA) is 60.2 Å². The molecule has 1 N–H and O–H groups in total. The summed E-state index contributed by atoms with van der Waals surface area (Å²) >= 11 is 0. The average molecular weight is 219 g/mol. The maximum atomic E-state index is 5.29. The Balaban J connectivity index is 2.08. The van der Waals surface area contributed by atoms with Crippen molar-refractivity contribution in [3.05, 3.63) is 36.5 Å². The van der Waals surface area contributed by atoms with Gasteiger partial charge in [0.15, 0.2) is 0 Å². The van der Waals surface area contributed by atoms with Crippen molar-refractivity contribution in [3.8, 4) is 5.88 Å². The van der Waals surface area contributed by atoms with Gasteiger partial charge in [-0.3, -0.25) is 0 Å². The van der Waals surface area contributed by atoms with Crippen molar-refractivity contribution in [1.29, 1.82) is 0 Å². The highest BCUT2D eigenvalue weighted by atomic mass is 16.5. The van der Waals surface area contributed by atoms with Crippen LogP contribution in [-0.2, 0) is 0 Å². The molecule has 2 heterocycles. The first-order valence-electron chi connectivity index (χ1n) is 4.95. The number of hydrogen-bond acceptors (Lipinski definition) is 5. The van der Waals surface area contributed by atoms with E-state index in [9.17, 15) is 0 Å². The van der Waals surface area contributed by atoms with Crippen LogP contribution in [0.3, 0.4) is 0 Å². The molecule has 0 saturated carbocycles. The van der Waals surface area contributed by atoms with Crippen LogP contribution in [0.2, 0.25) is 0 Å². The van der Waals surface area contributed by atoms with Crippen LogP contribution in [0.1, 0.15) is 18.7 Å². The summed E-state index contributed by atoms with van der Waals surface area (Å²) in [6.45, 7) is 1.99. The van der Waals surface area contributed by atoms with E-state index in [1.54, 1.807) is 19.4 Å². The van der Waals surface area contributed by atoms with Gasteiger partial charge in [-0.05, 0) is 19.1 Å². The Morgan fingerprint density at radius 2 is 2.31 bits per heavy atom. The Morgan fingerprint density at radius 3 is 3.00 bits per heavy atom. The van der Waals surface area contributed by atoms with Crippen LogP contribution in [0.25, 0.3) is 0 Å². The van der Waals surface area contributed by atoms with Crippen molar-refractivity contribution in [1.82, 2.24) is 9.97 Å². The van der Waals surface area contributed by atoms with Crippen LogP contribution in [0.15, 0.2) is 35.2 Å². The Bertz CT molecular complexity index is 442. The van der Waals surface area contributed by atoms with Crippen LogP contribution in [0.4, 0.5) is 5.82 Å². The van der Waals surface area contributed by atoms with Gasteiger partial charge < -0.3 is 14.5 Å². The molecule has 0 radical (unpaired) electrons. The summed E-state index contributed by atoms with van der Waals surface area (Å²) in [4.78, 5) is 8.02. The summed E-state index contributed by atoms with van der Waals surface area (Å²) < 4.78 is 10.3. The Hall–Kier alpha value is -2.04. The molecule has 0 aliphatic heterocycles. The van der Waals surface area contributed by atoms with Crippen LogP contribution in [-0.4, -0.2) is 17.1 Å². The number of nitrogens with one attached hydrogen (secondary N) is 1. The fourth-order valence-electron chi connectivity index (χ4n) is 1.36. The largest absolute Gasteiger partial charge is 0.481 e. The van der Waals surface area contributed by atoms with Gasteiger partial charge in [-0.15, -0.1) is 0 Å². The van der Waals surface area contributed by atoms with Crippen LogP contribution in [0.5, 0.6) is 5.88 Å². The third kappa shape index (κ3) is 2.31. The molecule has 0 spiro atoms. The molecule has 0 aromatic carbocycles. The van der Waals surface area contributed by atoms with Crippen LogP contribution in [0, 0.1) is 0 Å². The lowest BCUT2D eigenvalue weighted by Crippen LogP contribution is -2.07. The molecule has 1 unspecified atom stereocenters. The number of anilines is 1. The third-order valence-corrected chi connectivity index (χ3v) is 2.19. The van der Waals surface area contributed by atoms with Crippen molar-refractivity contribution in [2.24, 2.45) is 0 Å². The molecular weight excluding hydrogens is 206 g/mol. The Labute approximate surface area is 93.5 Å². The van der Waals surface area contributed by atoms with E-state index in [0.717, 1.165) is 5.76 Å². The van der Waals surface area contributed by atoms with E-state index in [1.807, 2.05) is 19.1 Å². The van der Waals surface area contributed by atoms with E-state index >= 15 is 0 Å². The Kier molecular flexibility index (Phi) is 3.05. The highest BCUT2D eigenvalue weighted by Gasteiger charge is 2.08. The van der Waals surface area contributed by atoms with Gasteiger partial charge in [0.1, 0.15) is 17.9 Å². The summed E-state index contributed by atoms with van der Waals surface area (Å²) in [6, 6.07) is 5.55. The highest BCUT2D eigenvalue weighted by molar-refractivity contribution is 5.38. The van der Waals surface area contributed by atoms with Crippen molar-refractivity contribution in [2.45, 2.75) is 13.0 Å². The fourth-order valence-corrected chi connectivity index (χ4v) is 1.36. The van der Waals surface area contributed by atoms with E-state index in [-0.39, 0.29) is 6.04 Å². The SMILES string of the molecule is COc1cc(NC(C)c2ccco2)ncn1. The zero-order valence-electron chi connectivity index (χ0n) is 9.18. The van der Waals surface area contributed by atoms with Crippen molar-refractivity contribution in [2.75, 3.05) is 12.4 Å². The van der Waals surface area contributed by atoms with Gasteiger partial charge in [-0.25, -0.2) is 9.97 Å². The lowest BCUT2D eigenvalue weighted by Gasteiger charge is -2.11. The molecule has 1 atom stereocenters. The number of hydrogen-bond donors (Lipinski definition) is 1. The zero-order valence-corrected chi connectivity index (χ0v) is 9.18. The predicted octanol–water partition coefficient (Wildman–Crippen LogP) is 2.25. The summed E-state index contributed by atoms with van der Waals surface area (Å²) in [6.07, 6.45) is 3.10. The normalized spacial score (nSPS) is 12.1. The first kappa shape index (κ1) is 10.5. The molecule has 2 aromatic heterocycles. The summed E-state index contributed by atoms with van der Waals surface area (Å²) in [5.74, 6) is 2.09. The molecule has 0 aliphatic rings. The van der Waals surface area contributed by atoms with Gasteiger partial charge in [0.25, 0.3) is 0 Å². The minimum atomic E-state index is 0.0506. The van der Waals surface area contributed by atoms with Gasteiger partial charge in [0.05, 0.1) is 19.4 Å². The molecule has 2 aromatic rings. The molecule has 0 saturated heterocycles.